The molecule has 0 saturated carbocycles. The van der Waals surface area contributed by atoms with Gasteiger partial charge in [0.15, 0.2) is 11.0 Å². The molecular weight excluding hydrogens is 499 g/mol. The smallest absolute Gasteiger partial charge is 0.240 e. The predicted molar refractivity (Wildman–Crippen MR) is 133 cm³/mol. The quantitative estimate of drug-likeness (QED) is 0.305. The lowest BCUT2D eigenvalue weighted by molar-refractivity contribution is 0.578. The maximum absolute atomic E-state index is 12.7. The van der Waals surface area contributed by atoms with Crippen LogP contribution < -0.4 is 4.72 Å². The zero-order valence-corrected chi connectivity index (χ0v) is 20.7. The highest BCUT2D eigenvalue weighted by molar-refractivity contribution is 7.98. The zero-order valence-electron chi connectivity index (χ0n) is 17.6. The highest BCUT2D eigenvalue weighted by atomic mass is 35.5. The number of halogens is 2. The van der Waals surface area contributed by atoms with Crippen LogP contribution in [0.5, 0.6) is 0 Å². The van der Waals surface area contributed by atoms with Crippen LogP contribution in [-0.4, -0.2) is 23.2 Å². The molecule has 4 aromatic rings. The van der Waals surface area contributed by atoms with E-state index in [0.29, 0.717) is 32.5 Å². The van der Waals surface area contributed by atoms with E-state index >= 15 is 0 Å². The maximum Gasteiger partial charge on any atom is 0.240 e. The molecule has 6 nitrogen and oxygen atoms in total. The van der Waals surface area contributed by atoms with Crippen LogP contribution in [0.4, 0.5) is 0 Å². The Bertz CT molecular complexity index is 1380. The van der Waals surface area contributed by atoms with Gasteiger partial charge in [0, 0.05) is 10.8 Å². The fourth-order valence-corrected chi connectivity index (χ4v) is 5.61. The number of hydrogen-bond donors (Lipinski definition) is 1. The molecule has 3 aromatic carbocycles. The van der Waals surface area contributed by atoms with Crippen LogP contribution in [-0.2, 0) is 22.3 Å². The lowest BCUT2D eigenvalue weighted by atomic mass is 10.2. The molecule has 0 bridgehead atoms. The van der Waals surface area contributed by atoms with Crippen molar-refractivity contribution < 1.29 is 8.42 Å². The molecule has 0 amide bonds. The van der Waals surface area contributed by atoms with Gasteiger partial charge >= 0.3 is 0 Å². The van der Waals surface area contributed by atoms with Crippen molar-refractivity contribution >= 4 is 45.0 Å². The summed E-state index contributed by atoms with van der Waals surface area (Å²) < 4.78 is 29.7. The van der Waals surface area contributed by atoms with Crippen molar-refractivity contribution in [1.82, 2.24) is 19.5 Å². The molecule has 1 heterocycles. The summed E-state index contributed by atoms with van der Waals surface area (Å²) in [5, 5.41) is 10.1. The van der Waals surface area contributed by atoms with Gasteiger partial charge in [-0.05, 0) is 42.8 Å². The first kappa shape index (κ1) is 23.8. The second-order valence-electron chi connectivity index (χ2n) is 7.25. The average molecular weight is 519 g/mol. The summed E-state index contributed by atoms with van der Waals surface area (Å²) in [5.74, 6) is 1.08. The molecule has 0 aliphatic rings. The Kier molecular flexibility index (Phi) is 7.41. The minimum absolute atomic E-state index is 0.0613. The SMILES string of the molecule is Cc1cccc(CSc2nnc(CNS(=O)(=O)c3ccccc3)n2-c2ccc(Cl)cc2Cl)c1. The van der Waals surface area contributed by atoms with Gasteiger partial charge in [-0.25, -0.2) is 13.1 Å². The molecular formula is C23H20Cl2N4O2S2. The van der Waals surface area contributed by atoms with Crippen LogP contribution in [0.2, 0.25) is 10.0 Å². The highest BCUT2D eigenvalue weighted by Crippen LogP contribution is 2.31. The van der Waals surface area contributed by atoms with Gasteiger partial charge in [0.2, 0.25) is 10.0 Å². The lowest BCUT2D eigenvalue weighted by Crippen LogP contribution is -2.25. The molecule has 170 valence electrons. The van der Waals surface area contributed by atoms with Gasteiger partial charge in [-0.1, -0.05) is 83.0 Å². The first-order chi connectivity index (χ1) is 15.8. The molecule has 4 rings (SSSR count). The van der Waals surface area contributed by atoms with E-state index in [2.05, 4.69) is 21.0 Å². The first-order valence-electron chi connectivity index (χ1n) is 9.96. The van der Waals surface area contributed by atoms with E-state index in [0.717, 1.165) is 5.56 Å². The van der Waals surface area contributed by atoms with Crippen molar-refractivity contribution in [2.24, 2.45) is 0 Å². The molecule has 10 heteroatoms. The molecule has 0 radical (unpaired) electrons. The number of hydrogen-bond acceptors (Lipinski definition) is 5. The third-order valence-corrected chi connectivity index (χ3v) is 7.73. The molecule has 1 N–H and O–H groups in total. The third kappa shape index (κ3) is 5.77. The predicted octanol–water partition coefficient (Wildman–Crippen LogP) is 5.65. The number of thioether (sulfide) groups is 1. The zero-order chi connectivity index (χ0) is 23.4. The van der Waals surface area contributed by atoms with Crippen molar-refractivity contribution in [2.45, 2.75) is 29.3 Å². The van der Waals surface area contributed by atoms with Gasteiger partial charge in [-0.15, -0.1) is 10.2 Å². The van der Waals surface area contributed by atoms with Crippen LogP contribution in [0.25, 0.3) is 5.69 Å². The van der Waals surface area contributed by atoms with Crippen molar-refractivity contribution in [3.63, 3.8) is 0 Å². The summed E-state index contributed by atoms with van der Waals surface area (Å²) in [6, 6.07) is 21.5. The van der Waals surface area contributed by atoms with Crippen LogP contribution in [0.3, 0.4) is 0 Å². The highest BCUT2D eigenvalue weighted by Gasteiger charge is 2.20. The van der Waals surface area contributed by atoms with Crippen LogP contribution in [0.1, 0.15) is 17.0 Å². The van der Waals surface area contributed by atoms with Gasteiger partial charge in [0.05, 0.1) is 22.2 Å². The molecule has 0 fully saturated rings. The fraction of sp³-hybridized carbons (Fsp3) is 0.130. The lowest BCUT2D eigenvalue weighted by Gasteiger charge is -2.13. The van der Waals surface area contributed by atoms with E-state index in [9.17, 15) is 8.42 Å². The summed E-state index contributed by atoms with van der Waals surface area (Å²) in [7, 11) is -3.72. The van der Waals surface area contributed by atoms with Gasteiger partial charge in [0.1, 0.15) is 0 Å². The molecule has 0 unspecified atom stereocenters. The molecule has 33 heavy (non-hydrogen) atoms. The molecule has 0 aliphatic carbocycles. The van der Waals surface area contributed by atoms with Crippen LogP contribution >= 0.6 is 35.0 Å². The number of nitrogens with one attached hydrogen (secondary N) is 1. The van der Waals surface area contributed by atoms with E-state index < -0.39 is 10.0 Å². The number of nitrogens with zero attached hydrogens (tertiary/aromatic N) is 3. The largest absolute Gasteiger partial charge is 0.271 e. The molecule has 0 aliphatic heterocycles. The Hall–Kier alpha value is -2.36. The Morgan fingerprint density at radius 3 is 2.48 bits per heavy atom. The summed E-state index contributed by atoms with van der Waals surface area (Å²) in [5.41, 5.74) is 2.93. The minimum Gasteiger partial charge on any atom is -0.271 e. The van der Waals surface area contributed by atoms with Gasteiger partial charge in [-0.3, -0.25) is 4.57 Å². The van der Waals surface area contributed by atoms with Crippen molar-refractivity contribution in [3.05, 3.63) is 99.8 Å². The fourth-order valence-electron chi connectivity index (χ4n) is 3.21. The Balaban J connectivity index is 1.65. The monoisotopic (exact) mass is 518 g/mol. The van der Waals surface area contributed by atoms with Gasteiger partial charge in [0.25, 0.3) is 0 Å². The Labute approximate surface area is 207 Å². The number of aryl methyl sites for hydroxylation is 1. The van der Waals surface area contributed by atoms with Gasteiger partial charge in [-0.2, -0.15) is 0 Å². The van der Waals surface area contributed by atoms with E-state index in [1.807, 2.05) is 25.1 Å². The second-order valence-corrected chi connectivity index (χ2v) is 10.8. The first-order valence-corrected chi connectivity index (χ1v) is 13.2. The summed E-state index contributed by atoms with van der Waals surface area (Å²) in [6.07, 6.45) is 0. The number of rotatable bonds is 8. The number of benzene rings is 3. The molecule has 0 saturated heterocycles. The molecule has 1 aromatic heterocycles. The van der Waals surface area contributed by atoms with Crippen molar-refractivity contribution in [3.8, 4) is 5.69 Å². The maximum atomic E-state index is 12.7. The van der Waals surface area contributed by atoms with E-state index in [-0.39, 0.29) is 11.4 Å². The normalized spacial score (nSPS) is 11.6. The topological polar surface area (TPSA) is 76.9 Å². The van der Waals surface area contributed by atoms with E-state index in [1.165, 1.54) is 29.5 Å². The Morgan fingerprint density at radius 2 is 1.76 bits per heavy atom. The number of sulfonamides is 1. The number of aromatic nitrogens is 3. The Morgan fingerprint density at radius 1 is 0.970 bits per heavy atom. The molecule has 0 atom stereocenters. The van der Waals surface area contributed by atoms with Crippen LogP contribution in [0.15, 0.2) is 82.8 Å². The summed E-state index contributed by atoms with van der Waals surface area (Å²) >= 11 is 14.0. The summed E-state index contributed by atoms with van der Waals surface area (Å²) in [4.78, 5) is 0.176. The van der Waals surface area contributed by atoms with Crippen molar-refractivity contribution in [2.75, 3.05) is 0 Å². The van der Waals surface area contributed by atoms with Gasteiger partial charge < -0.3 is 0 Å². The van der Waals surface area contributed by atoms with Crippen molar-refractivity contribution in [1.29, 1.82) is 0 Å². The average Bonchev–Trinajstić information content (AvgIpc) is 3.20. The minimum atomic E-state index is -3.72. The second kappa shape index (κ2) is 10.3. The van der Waals surface area contributed by atoms with Crippen LogP contribution in [0, 0.1) is 6.92 Å². The summed E-state index contributed by atoms with van der Waals surface area (Å²) in [6.45, 7) is 1.98. The standard InChI is InChI=1S/C23H20Cl2N4O2S2/c1-16-6-5-7-17(12-16)15-32-23-28-27-22(29(23)21-11-10-18(24)13-20(21)25)14-26-33(30,31)19-8-3-2-4-9-19/h2-13,26H,14-15H2,1H3. The van der Waals surface area contributed by atoms with E-state index in [4.69, 9.17) is 23.2 Å². The van der Waals surface area contributed by atoms with E-state index in [1.54, 1.807) is 41.0 Å². The third-order valence-electron chi connectivity index (χ3n) is 4.78. The molecule has 0 spiro atoms.